The van der Waals surface area contributed by atoms with Gasteiger partial charge in [-0.1, -0.05) is 37.9 Å². The summed E-state index contributed by atoms with van der Waals surface area (Å²) >= 11 is 6.06. The molecule has 0 aliphatic heterocycles. The second-order valence-corrected chi connectivity index (χ2v) is 7.69. The minimum atomic E-state index is -0.314. The van der Waals surface area contributed by atoms with Crippen LogP contribution in [0.15, 0.2) is 46.1 Å². The fraction of sp³-hybridized carbons (Fsp3) is 0.500. The molecule has 1 aromatic rings. The Morgan fingerprint density at radius 3 is 2.42 bits per heavy atom. The SMILES string of the molecule is CCCN(CC(C)C)C(=C(C)C)/C(C)=C\C(=NC)c1cc(Cl)ccc1F. The molecule has 0 aliphatic rings. The third-order valence-corrected chi connectivity index (χ3v) is 4.28. The number of rotatable bonds is 8. The van der Waals surface area contributed by atoms with Crippen molar-refractivity contribution >= 4 is 17.3 Å². The maximum atomic E-state index is 14.3. The zero-order valence-electron chi connectivity index (χ0n) is 17.2. The molecule has 0 saturated carbocycles. The Labute approximate surface area is 163 Å². The third-order valence-electron chi connectivity index (χ3n) is 4.04. The van der Waals surface area contributed by atoms with Crippen molar-refractivity contribution in [2.75, 3.05) is 20.1 Å². The molecule has 0 fully saturated rings. The lowest BCUT2D eigenvalue weighted by molar-refractivity contribution is 0.307. The third kappa shape index (κ3) is 6.28. The smallest absolute Gasteiger partial charge is 0.132 e. The Bertz CT molecular complexity index is 698. The molecule has 26 heavy (non-hydrogen) atoms. The Balaban J connectivity index is 3.35. The van der Waals surface area contributed by atoms with Crippen molar-refractivity contribution in [3.05, 3.63) is 57.5 Å². The summed E-state index contributed by atoms with van der Waals surface area (Å²) < 4.78 is 14.3. The highest BCUT2D eigenvalue weighted by molar-refractivity contribution is 6.31. The molecule has 2 nitrogen and oxygen atoms in total. The first-order valence-corrected chi connectivity index (χ1v) is 9.62. The molecule has 0 spiro atoms. The van der Waals surface area contributed by atoms with Gasteiger partial charge in [0.2, 0.25) is 0 Å². The second-order valence-electron chi connectivity index (χ2n) is 7.25. The minimum absolute atomic E-state index is 0.314. The predicted octanol–water partition coefficient (Wildman–Crippen LogP) is 6.51. The van der Waals surface area contributed by atoms with Crippen molar-refractivity contribution in [3.63, 3.8) is 0 Å². The average Bonchev–Trinajstić information content (AvgIpc) is 2.54. The van der Waals surface area contributed by atoms with Gasteiger partial charge < -0.3 is 4.90 Å². The molecule has 0 bridgehead atoms. The molecular formula is C22H32ClFN2. The van der Waals surface area contributed by atoms with Crippen LogP contribution in [0, 0.1) is 11.7 Å². The molecule has 0 atom stereocenters. The highest BCUT2D eigenvalue weighted by Crippen LogP contribution is 2.23. The van der Waals surface area contributed by atoms with Crippen molar-refractivity contribution in [1.82, 2.24) is 4.90 Å². The highest BCUT2D eigenvalue weighted by atomic mass is 35.5. The predicted molar refractivity (Wildman–Crippen MR) is 113 cm³/mol. The summed E-state index contributed by atoms with van der Waals surface area (Å²) in [6.45, 7) is 14.9. The van der Waals surface area contributed by atoms with Crippen molar-refractivity contribution in [3.8, 4) is 0 Å². The van der Waals surface area contributed by atoms with Gasteiger partial charge in [0.15, 0.2) is 0 Å². The van der Waals surface area contributed by atoms with E-state index < -0.39 is 0 Å². The molecule has 0 amide bonds. The topological polar surface area (TPSA) is 15.6 Å². The maximum Gasteiger partial charge on any atom is 0.132 e. The van der Waals surface area contributed by atoms with E-state index in [0.29, 0.717) is 22.2 Å². The number of aliphatic imine (C=N–C) groups is 1. The van der Waals surface area contributed by atoms with Gasteiger partial charge in [0.05, 0.1) is 5.71 Å². The van der Waals surface area contributed by atoms with E-state index in [1.807, 2.05) is 6.08 Å². The molecule has 144 valence electrons. The van der Waals surface area contributed by atoms with Gasteiger partial charge in [-0.25, -0.2) is 4.39 Å². The van der Waals surface area contributed by atoms with E-state index in [1.54, 1.807) is 19.2 Å². The summed E-state index contributed by atoms with van der Waals surface area (Å²) in [4.78, 5) is 6.73. The Morgan fingerprint density at radius 2 is 1.92 bits per heavy atom. The number of hydrogen-bond acceptors (Lipinski definition) is 2. The van der Waals surface area contributed by atoms with Crippen LogP contribution in [0.25, 0.3) is 0 Å². The number of halogens is 2. The fourth-order valence-electron chi connectivity index (χ4n) is 3.20. The molecule has 4 heteroatoms. The van der Waals surface area contributed by atoms with Gasteiger partial charge in [0.1, 0.15) is 5.82 Å². The summed E-state index contributed by atoms with van der Waals surface area (Å²) in [6.07, 6.45) is 3.04. The molecule has 0 heterocycles. The van der Waals surface area contributed by atoms with Gasteiger partial charge in [-0.15, -0.1) is 0 Å². The largest absolute Gasteiger partial charge is 0.371 e. The number of benzene rings is 1. The Morgan fingerprint density at radius 1 is 1.27 bits per heavy atom. The quantitative estimate of drug-likeness (QED) is 0.372. The lowest BCUT2D eigenvalue weighted by Crippen LogP contribution is -2.29. The molecular weight excluding hydrogens is 347 g/mol. The number of hydrogen-bond donors (Lipinski definition) is 0. The minimum Gasteiger partial charge on any atom is -0.371 e. The lowest BCUT2D eigenvalue weighted by Gasteiger charge is -2.31. The second kappa shape index (κ2) is 10.5. The van der Waals surface area contributed by atoms with Crippen LogP contribution >= 0.6 is 11.6 Å². The van der Waals surface area contributed by atoms with Crippen LogP contribution in [0.2, 0.25) is 5.02 Å². The number of allylic oxidation sites excluding steroid dienone is 3. The van der Waals surface area contributed by atoms with Crippen molar-refractivity contribution in [2.45, 2.75) is 48.0 Å². The molecule has 0 radical (unpaired) electrons. The Hall–Kier alpha value is -1.61. The summed E-state index contributed by atoms with van der Waals surface area (Å²) in [6, 6.07) is 4.57. The van der Waals surface area contributed by atoms with E-state index in [-0.39, 0.29) is 5.82 Å². The first kappa shape index (κ1) is 22.4. The molecule has 1 aromatic carbocycles. The Kier molecular flexibility index (Phi) is 9.07. The fourth-order valence-corrected chi connectivity index (χ4v) is 3.37. The first-order chi connectivity index (χ1) is 12.2. The van der Waals surface area contributed by atoms with Crippen LogP contribution in [0.5, 0.6) is 0 Å². The standard InChI is InChI=1S/C22H32ClFN2/c1-8-11-26(14-15(2)3)22(16(4)5)17(6)12-21(25-7)19-13-18(23)9-10-20(19)24/h9-10,12-13,15H,8,11,14H2,1-7H3/b17-12-,25-21?. The van der Waals surface area contributed by atoms with E-state index in [1.165, 1.54) is 17.3 Å². The van der Waals surface area contributed by atoms with Crippen LogP contribution in [0.4, 0.5) is 4.39 Å². The van der Waals surface area contributed by atoms with Crippen LogP contribution in [-0.2, 0) is 0 Å². The molecule has 0 aliphatic carbocycles. The lowest BCUT2D eigenvalue weighted by atomic mass is 10.0. The molecule has 1 rings (SSSR count). The highest BCUT2D eigenvalue weighted by Gasteiger charge is 2.16. The molecule has 0 aromatic heterocycles. The van der Waals surface area contributed by atoms with Gasteiger partial charge in [-0.3, -0.25) is 4.99 Å². The zero-order valence-corrected chi connectivity index (χ0v) is 17.9. The first-order valence-electron chi connectivity index (χ1n) is 9.24. The van der Waals surface area contributed by atoms with Gasteiger partial charge in [0.25, 0.3) is 0 Å². The van der Waals surface area contributed by atoms with Crippen LogP contribution in [-0.4, -0.2) is 30.7 Å². The molecule has 0 saturated heterocycles. The zero-order chi connectivity index (χ0) is 19.9. The van der Waals surface area contributed by atoms with E-state index in [0.717, 1.165) is 25.1 Å². The van der Waals surface area contributed by atoms with Gasteiger partial charge in [-0.2, -0.15) is 0 Å². The van der Waals surface area contributed by atoms with Crippen molar-refractivity contribution in [2.24, 2.45) is 10.9 Å². The van der Waals surface area contributed by atoms with E-state index in [4.69, 9.17) is 11.6 Å². The van der Waals surface area contributed by atoms with Crippen LogP contribution in [0.3, 0.4) is 0 Å². The van der Waals surface area contributed by atoms with Crippen LogP contribution < -0.4 is 0 Å². The van der Waals surface area contributed by atoms with E-state index in [2.05, 4.69) is 51.4 Å². The van der Waals surface area contributed by atoms with Crippen molar-refractivity contribution in [1.29, 1.82) is 0 Å². The van der Waals surface area contributed by atoms with E-state index in [9.17, 15) is 4.39 Å². The summed E-state index contributed by atoms with van der Waals surface area (Å²) in [5, 5.41) is 0.503. The van der Waals surface area contributed by atoms with Gasteiger partial charge in [0, 0.05) is 36.4 Å². The number of nitrogens with zero attached hydrogens (tertiary/aromatic N) is 2. The van der Waals surface area contributed by atoms with E-state index >= 15 is 0 Å². The summed E-state index contributed by atoms with van der Waals surface area (Å²) in [5.74, 6) is 0.249. The maximum absolute atomic E-state index is 14.3. The normalized spacial score (nSPS) is 12.5. The molecule has 0 N–H and O–H groups in total. The van der Waals surface area contributed by atoms with Crippen molar-refractivity contribution < 1.29 is 4.39 Å². The molecule has 0 unspecified atom stereocenters. The van der Waals surface area contributed by atoms with Gasteiger partial charge in [-0.05, 0) is 63.0 Å². The van der Waals surface area contributed by atoms with Crippen LogP contribution in [0.1, 0.15) is 53.5 Å². The van der Waals surface area contributed by atoms with Gasteiger partial charge >= 0.3 is 0 Å². The monoisotopic (exact) mass is 378 g/mol. The average molecular weight is 379 g/mol. The summed E-state index contributed by atoms with van der Waals surface area (Å²) in [7, 11) is 1.68. The summed E-state index contributed by atoms with van der Waals surface area (Å²) in [5.41, 5.74) is 4.57.